The lowest BCUT2D eigenvalue weighted by Gasteiger charge is -2.19. The van der Waals surface area contributed by atoms with Gasteiger partial charge in [0.05, 0.1) is 6.54 Å². The van der Waals surface area contributed by atoms with Crippen LogP contribution in [0.3, 0.4) is 0 Å². The Bertz CT molecular complexity index is 775. The Morgan fingerprint density at radius 1 is 1.16 bits per heavy atom. The molecule has 0 unspecified atom stereocenters. The van der Waals surface area contributed by atoms with E-state index in [-0.39, 0.29) is 43.1 Å². The van der Waals surface area contributed by atoms with E-state index < -0.39 is 18.3 Å². The molecule has 3 N–H and O–H groups in total. The van der Waals surface area contributed by atoms with Crippen LogP contribution in [0.15, 0.2) is 17.1 Å². The van der Waals surface area contributed by atoms with E-state index in [1.807, 2.05) is 6.92 Å². The number of hydrogen-bond acceptors (Lipinski definition) is 6. The van der Waals surface area contributed by atoms with Gasteiger partial charge in [-0.15, -0.1) is 24.0 Å². The molecule has 1 aromatic rings. The van der Waals surface area contributed by atoms with Gasteiger partial charge in [-0.05, 0) is 40.2 Å². The Balaban J connectivity index is 0.00000512. The molecule has 0 aliphatic carbocycles. The van der Waals surface area contributed by atoms with E-state index in [0.29, 0.717) is 49.1 Å². The van der Waals surface area contributed by atoms with Crippen molar-refractivity contribution >= 4 is 36.0 Å². The van der Waals surface area contributed by atoms with Crippen LogP contribution < -0.4 is 30.2 Å². The molecule has 1 heterocycles. The summed E-state index contributed by atoms with van der Waals surface area (Å²) in [5, 5.41) is 8.88. The molecule has 182 valence electrons. The first-order valence-electron chi connectivity index (χ1n) is 10.0. The minimum absolute atomic E-state index is 0. The maximum Gasteiger partial charge on any atom is 0.407 e. The van der Waals surface area contributed by atoms with Crippen LogP contribution in [0.4, 0.5) is 13.6 Å². The zero-order valence-electron chi connectivity index (χ0n) is 18.6. The van der Waals surface area contributed by atoms with Gasteiger partial charge in [-0.3, -0.25) is 0 Å². The summed E-state index contributed by atoms with van der Waals surface area (Å²) in [6.07, 6.45) is 0.162. The molecule has 0 saturated heterocycles. The lowest BCUT2D eigenvalue weighted by Crippen LogP contribution is -2.39. The highest BCUT2D eigenvalue weighted by Gasteiger charge is 2.20. The Labute approximate surface area is 203 Å². The number of alkyl carbamates (subject to hydrolysis) is 1. The number of carbonyl (C=O) groups excluding carboxylic acids is 1. The number of guanidine groups is 1. The molecule has 1 aromatic carbocycles. The molecule has 1 amide bonds. The third-order valence-corrected chi connectivity index (χ3v) is 3.84. The molecule has 0 fully saturated rings. The van der Waals surface area contributed by atoms with Gasteiger partial charge < -0.3 is 34.9 Å². The van der Waals surface area contributed by atoms with Gasteiger partial charge >= 0.3 is 12.7 Å². The molecule has 9 nitrogen and oxygen atoms in total. The number of rotatable bonds is 9. The normalized spacial score (nSPS) is 12.8. The van der Waals surface area contributed by atoms with Crippen molar-refractivity contribution in [3.63, 3.8) is 0 Å². The first-order chi connectivity index (χ1) is 14.7. The number of amides is 1. The molecule has 0 aromatic heterocycles. The molecule has 0 saturated carbocycles. The summed E-state index contributed by atoms with van der Waals surface area (Å²) in [7, 11) is 0. The van der Waals surface area contributed by atoms with Crippen molar-refractivity contribution in [2.45, 2.75) is 52.9 Å². The number of halogens is 3. The van der Waals surface area contributed by atoms with Gasteiger partial charge in [-0.1, -0.05) is 0 Å². The third-order valence-electron chi connectivity index (χ3n) is 3.84. The van der Waals surface area contributed by atoms with Crippen LogP contribution in [0.2, 0.25) is 0 Å². The van der Waals surface area contributed by atoms with Gasteiger partial charge in [0, 0.05) is 31.3 Å². The van der Waals surface area contributed by atoms with Gasteiger partial charge in [-0.2, -0.15) is 8.78 Å². The van der Waals surface area contributed by atoms with Gasteiger partial charge in [0.25, 0.3) is 0 Å². The summed E-state index contributed by atoms with van der Waals surface area (Å²) in [4.78, 5) is 16.1. The quantitative estimate of drug-likeness (QED) is 0.180. The summed E-state index contributed by atoms with van der Waals surface area (Å²) < 4.78 is 45.8. The second kappa shape index (κ2) is 13.3. The first-order valence-corrected chi connectivity index (χ1v) is 10.0. The summed E-state index contributed by atoms with van der Waals surface area (Å²) in [6, 6.07) is 2.96. The van der Waals surface area contributed by atoms with Crippen molar-refractivity contribution in [2.75, 3.05) is 26.4 Å². The highest BCUT2D eigenvalue weighted by molar-refractivity contribution is 14.0. The largest absolute Gasteiger partial charge is 0.454 e. The Hall–Kier alpha value is -2.25. The maximum absolute atomic E-state index is 12.8. The zero-order valence-corrected chi connectivity index (χ0v) is 21.0. The van der Waals surface area contributed by atoms with Crippen LogP contribution >= 0.6 is 24.0 Å². The van der Waals surface area contributed by atoms with E-state index in [0.717, 1.165) is 0 Å². The topological polar surface area (TPSA) is 102 Å². The molecule has 32 heavy (non-hydrogen) atoms. The number of fused-ring (bicyclic) bond motifs is 1. The van der Waals surface area contributed by atoms with E-state index in [2.05, 4.69) is 25.7 Å². The fraction of sp³-hybridized carbons (Fsp3) is 0.600. The number of alkyl halides is 2. The van der Waals surface area contributed by atoms with Crippen molar-refractivity contribution in [3.05, 3.63) is 17.7 Å². The van der Waals surface area contributed by atoms with E-state index in [9.17, 15) is 13.6 Å². The van der Waals surface area contributed by atoms with Gasteiger partial charge in [0.2, 0.25) is 6.79 Å². The van der Waals surface area contributed by atoms with Crippen LogP contribution in [-0.2, 0) is 11.3 Å². The van der Waals surface area contributed by atoms with E-state index in [1.54, 1.807) is 26.8 Å². The minimum atomic E-state index is -2.97. The maximum atomic E-state index is 12.8. The highest BCUT2D eigenvalue weighted by atomic mass is 127. The second-order valence-electron chi connectivity index (χ2n) is 7.60. The van der Waals surface area contributed by atoms with Gasteiger partial charge in [0.15, 0.2) is 17.5 Å². The van der Waals surface area contributed by atoms with Gasteiger partial charge in [-0.25, -0.2) is 9.79 Å². The molecular weight excluding hydrogens is 541 g/mol. The lowest BCUT2D eigenvalue weighted by atomic mass is 10.1. The third kappa shape index (κ3) is 9.92. The van der Waals surface area contributed by atoms with E-state index >= 15 is 0 Å². The van der Waals surface area contributed by atoms with Crippen molar-refractivity contribution < 1.29 is 32.5 Å². The SMILES string of the molecule is CCNC(=NCc1cc2c(cc1OC(F)F)OCO2)NCCCNC(=O)OC(C)(C)C.I. The summed E-state index contributed by atoms with van der Waals surface area (Å²) in [6.45, 7) is 6.02. The monoisotopic (exact) mass is 572 g/mol. The number of nitrogens with one attached hydrogen (secondary N) is 3. The smallest absolute Gasteiger partial charge is 0.407 e. The standard InChI is InChI=1S/C20H30F2N4O5.HI/c1-5-23-18(24-7-6-8-25-19(27)31-20(2,3)4)26-11-13-9-15-16(29-12-28-15)10-14(13)30-17(21)22;/h9-10,17H,5-8,11-12H2,1-4H3,(H,25,27)(H2,23,24,26);1H. The average Bonchev–Trinajstić information content (AvgIpc) is 3.10. The molecule has 1 aliphatic heterocycles. The molecule has 0 spiro atoms. The van der Waals surface area contributed by atoms with Crippen molar-refractivity contribution in [3.8, 4) is 17.2 Å². The van der Waals surface area contributed by atoms with Crippen molar-refractivity contribution in [1.29, 1.82) is 0 Å². The fourth-order valence-electron chi connectivity index (χ4n) is 2.60. The zero-order chi connectivity index (χ0) is 22.9. The Morgan fingerprint density at radius 2 is 1.81 bits per heavy atom. The number of aliphatic imine (C=N–C) groups is 1. The predicted octanol–water partition coefficient (Wildman–Crippen LogP) is 3.60. The van der Waals surface area contributed by atoms with E-state index in [1.165, 1.54) is 6.07 Å². The van der Waals surface area contributed by atoms with E-state index in [4.69, 9.17) is 14.2 Å². The van der Waals surface area contributed by atoms with Crippen LogP contribution in [0, 0.1) is 0 Å². The van der Waals surface area contributed by atoms with Crippen LogP contribution in [0.1, 0.15) is 39.7 Å². The second-order valence-corrected chi connectivity index (χ2v) is 7.60. The first kappa shape index (κ1) is 27.8. The Kier molecular flexibility index (Phi) is 11.6. The average molecular weight is 572 g/mol. The lowest BCUT2D eigenvalue weighted by molar-refractivity contribution is -0.0505. The van der Waals surface area contributed by atoms with Crippen LogP contribution in [0.5, 0.6) is 17.2 Å². The summed E-state index contributed by atoms with van der Waals surface area (Å²) in [5.41, 5.74) is -0.109. The minimum Gasteiger partial charge on any atom is -0.454 e. The van der Waals surface area contributed by atoms with Crippen molar-refractivity contribution in [1.82, 2.24) is 16.0 Å². The predicted molar refractivity (Wildman–Crippen MR) is 126 cm³/mol. The fourth-order valence-corrected chi connectivity index (χ4v) is 2.60. The summed E-state index contributed by atoms with van der Waals surface area (Å²) in [5.74, 6) is 1.30. The van der Waals surface area contributed by atoms with Crippen LogP contribution in [0.25, 0.3) is 0 Å². The van der Waals surface area contributed by atoms with Crippen molar-refractivity contribution in [2.24, 2.45) is 4.99 Å². The molecular formula is C20H31F2IN4O5. The molecule has 12 heteroatoms. The number of benzene rings is 1. The molecule has 0 bridgehead atoms. The number of nitrogens with zero attached hydrogens (tertiary/aromatic N) is 1. The molecule has 2 rings (SSSR count). The number of hydrogen-bond donors (Lipinski definition) is 3. The molecule has 0 radical (unpaired) electrons. The number of ether oxygens (including phenoxy) is 4. The molecule has 0 atom stereocenters. The van der Waals surface area contributed by atoms with Crippen LogP contribution in [-0.4, -0.2) is 50.7 Å². The molecule has 1 aliphatic rings. The number of carbonyl (C=O) groups is 1. The summed E-state index contributed by atoms with van der Waals surface area (Å²) >= 11 is 0. The Morgan fingerprint density at radius 3 is 2.44 bits per heavy atom. The van der Waals surface area contributed by atoms with Gasteiger partial charge in [0.1, 0.15) is 11.4 Å². The highest BCUT2D eigenvalue weighted by Crippen LogP contribution is 2.39.